The molecule has 0 saturated carbocycles. The Hall–Kier alpha value is -2.33. The number of carbonyl (C=O) groups is 1. The molecule has 0 spiro atoms. The van der Waals surface area contributed by atoms with Gasteiger partial charge < -0.3 is 10.6 Å². The van der Waals surface area contributed by atoms with Crippen molar-refractivity contribution in [3.05, 3.63) is 68.9 Å². The number of amides is 1. The Labute approximate surface area is 149 Å². The van der Waals surface area contributed by atoms with Gasteiger partial charge in [-0.25, -0.2) is 0 Å². The van der Waals surface area contributed by atoms with Gasteiger partial charge in [0.25, 0.3) is 5.91 Å². The summed E-state index contributed by atoms with van der Waals surface area (Å²) >= 11 is 2.21. The molecule has 0 heterocycles. The molecular weight excluding hydrogens is 401 g/mol. The molecule has 0 aliphatic rings. The van der Waals surface area contributed by atoms with Crippen LogP contribution in [0.4, 0.5) is 11.4 Å². The van der Waals surface area contributed by atoms with Gasteiger partial charge in [0.15, 0.2) is 0 Å². The SMILES string of the molecule is Cc1ccccc1N/C=C(/C#N)C(=O)Nc1ccc(I)cc1C. The molecule has 2 rings (SSSR count). The number of carbonyl (C=O) groups excluding carboxylic acids is 1. The Bertz CT molecular complexity index is 806. The lowest BCUT2D eigenvalue weighted by Gasteiger charge is -2.09. The van der Waals surface area contributed by atoms with Crippen molar-refractivity contribution in [2.75, 3.05) is 10.6 Å². The van der Waals surface area contributed by atoms with Crippen LogP contribution < -0.4 is 10.6 Å². The van der Waals surface area contributed by atoms with Crippen LogP contribution in [0.1, 0.15) is 11.1 Å². The number of nitrogens with zero attached hydrogens (tertiary/aromatic N) is 1. The number of nitrogens with one attached hydrogen (secondary N) is 2. The summed E-state index contributed by atoms with van der Waals surface area (Å²) in [4.78, 5) is 12.2. The van der Waals surface area contributed by atoms with Gasteiger partial charge in [-0.15, -0.1) is 0 Å². The first-order valence-corrected chi connectivity index (χ1v) is 8.09. The number of aryl methyl sites for hydroxylation is 2. The zero-order chi connectivity index (χ0) is 16.8. The molecule has 0 radical (unpaired) electrons. The van der Waals surface area contributed by atoms with E-state index in [1.54, 1.807) is 0 Å². The second-order valence-corrected chi connectivity index (χ2v) is 6.29. The van der Waals surface area contributed by atoms with E-state index in [9.17, 15) is 10.1 Å². The highest BCUT2D eigenvalue weighted by Crippen LogP contribution is 2.19. The highest BCUT2D eigenvalue weighted by molar-refractivity contribution is 14.1. The quantitative estimate of drug-likeness (QED) is 0.441. The zero-order valence-corrected chi connectivity index (χ0v) is 15.0. The van der Waals surface area contributed by atoms with E-state index < -0.39 is 5.91 Å². The highest BCUT2D eigenvalue weighted by Gasteiger charge is 2.11. The van der Waals surface area contributed by atoms with E-state index in [2.05, 4.69) is 33.2 Å². The Morgan fingerprint density at radius 2 is 1.87 bits per heavy atom. The third kappa shape index (κ3) is 4.57. The van der Waals surface area contributed by atoms with Gasteiger partial charge in [-0.05, 0) is 71.8 Å². The lowest BCUT2D eigenvalue weighted by molar-refractivity contribution is -0.112. The van der Waals surface area contributed by atoms with E-state index in [1.165, 1.54) is 6.20 Å². The van der Waals surface area contributed by atoms with Crippen molar-refractivity contribution in [2.45, 2.75) is 13.8 Å². The molecule has 2 N–H and O–H groups in total. The van der Waals surface area contributed by atoms with Crippen molar-refractivity contribution in [2.24, 2.45) is 0 Å². The number of anilines is 2. The molecule has 0 saturated heterocycles. The summed E-state index contributed by atoms with van der Waals surface area (Å²) in [6.07, 6.45) is 1.43. The topological polar surface area (TPSA) is 64.9 Å². The fourth-order valence-corrected chi connectivity index (χ4v) is 2.64. The second-order valence-electron chi connectivity index (χ2n) is 5.04. The molecule has 0 aromatic heterocycles. The van der Waals surface area contributed by atoms with Crippen molar-refractivity contribution in [3.63, 3.8) is 0 Å². The van der Waals surface area contributed by atoms with Crippen LogP contribution in [0.5, 0.6) is 0 Å². The highest BCUT2D eigenvalue weighted by atomic mass is 127. The van der Waals surface area contributed by atoms with E-state index in [1.807, 2.05) is 62.4 Å². The summed E-state index contributed by atoms with van der Waals surface area (Å²) in [5.41, 5.74) is 3.57. The van der Waals surface area contributed by atoms with Gasteiger partial charge in [-0.3, -0.25) is 4.79 Å². The molecular formula is C18H16IN3O. The minimum atomic E-state index is -0.433. The van der Waals surface area contributed by atoms with Gasteiger partial charge >= 0.3 is 0 Å². The van der Waals surface area contributed by atoms with Crippen LogP contribution in [-0.2, 0) is 4.79 Å². The predicted molar refractivity (Wildman–Crippen MR) is 101 cm³/mol. The summed E-state index contributed by atoms with van der Waals surface area (Å²) < 4.78 is 1.09. The molecule has 4 nitrogen and oxygen atoms in total. The minimum Gasteiger partial charge on any atom is -0.360 e. The number of halogens is 1. The molecule has 1 amide bonds. The van der Waals surface area contributed by atoms with E-state index in [4.69, 9.17) is 0 Å². The molecule has 2 aromatic carbocycles. The van der Waals surface area contributed by atoms with Crippen LogP contribution in [0.3, 0.4) is 0 Å². The van der Waals surface area contributed by atoms with Gasteiger partial charge in [-0.2, -0.15) is 5.26 Å². The molecule has 0 fully saturated rings. The molecule has 116 valence electrons. The van der Waals surface area contributed by atoms with Crippen LogP contribution in [0, 0.1) is 28.7 Å². The van der Waals surface area contributed by atoms with Gasteiger partial charge in [0.2, 0.25) is 0 Å². The van der Waals surface area contributed by atoms with E-state index in [-0.39, 0.29) is 5.57 Å². The van der Waals surface area contributed by atoms with Crippen molar-refractivity contribution < 1.29 is 4.79 Å². The monoisotopic (exact) mass is 417 g/mol. The molecule has 2 aromatic rings. The van der Waals surface area contributed by atoms with Gasteiger partial charge in [0.1, 0.15) is 11.6 Å². The van der Waals surface area contributed by atoms with Gasteiger partial charge in [0, 0.05) is 21.1 Å². The Balaban J connectivity index is 2.14. The summed E-state index contributed by atoms with van der Waals surface area (Å²) in [5.74, 6) is -0.433. The third-order valence-electron chi connectivity index (χ3n) is 3.32. The number of para-hydroxylation sites is 1. The molecule has 0 bridgehead atoms. The standard InChI is InChI=1S/C18H16IN3O/c1-12-5-3-4-6-16(12)21-11-14(10-20)18(23)22-17-8-7-15(19)9-13(17)2/h3-9,11,21H,1-2H3,(H,22,23)/b14-11-. The van der Waals surface area contributed by atoms with Crippen LogP contribution >= 0.6 is 22.6 Å². The third-order valence-corrected chi connectivity index (χ3v) is 3.99. The number of benzene rings is 2. The summed E-state index contributed by atoms with van der Waals surface area (Å²) in [6, 6.07) is 15.3. The first-order chi connectivity index (χ1) is 11.0. The smallest absolute Gasteiger partial charge is 0.267 e. The predicted octanol–water partition coefficient (Wildman–Crippen LogP) is 4.37. The fourth-order valence-electron chi connectivity index (χ4n) is 1.99. The van der Waals surface area contributed by atoms with Gasteiger partial charge in [0.05, 0.1) is 0 Å². The van der Waals surface area contributed by atoms with Crippen molar-refractivity contribution in [3.8, 4) is 6.07 Å². The van der Waals surface area contributed by atoms with E-state index >= 15 is 0 Å². The minimum absolute atomic E-state index is 0.0196. The van der Waals surface area contributed by atoms with Crippen LogP contribution in [0.2, 0.25) is 0 Å². The molecule has 0 atom stereocenters. The molecule has 0 aliphatic heterocycles. The van der Waals surface area contributed by atoms with Crippen LogP contribution in [0.15, 0.2) is 54.2 Å². The Morgan fingerprint density at radius 3 is 2.52 bits per heavy atom. The maximum Gasteiger partial charge on any atom is 0.267 e. The lowest BCUT2D eigenvalue weighted by atomic mass is 10.2. The first-order valence-electron chi connectivity index (χ1n) is 7.01. The summed E-state index contributed by atoms with van der Waals surface area (Å²) in [6.45, 7) is 3.87. The molecule has 0 aliphatic carbocycles. The van der Waals surface area contributed by atoms with Crippen LogP contribution in [-0.4, -0.2) is 5.91 Å². The summed E-state index contributed by atoms with van der Waals surface area (Å²) in [7, 11) is 0. The van der Waals surface area contributed by atoms with Crippen molar-refractivity contribution >= 4 is 39.9 Å². The number of rotatable bonds is 4. The second kappa shape index (κ2) is 7.79. The average Bonchev–Trinajstić information content (AvgIpc) is 2.52. The van der Waals surface area contributed by atoms with Crippen LogP contribution in [0.25, 0.3) is 0 Å². The average molecular weight is 417 g/mol. The number of hydrogen-bond acceptors (Lipinski definition) is 3. The largest absolute Gasteiger partial charge is 0.360 e. The Kier molecular flexibility index (Phi) is 5.77. The fraction of sp³-hybridized carbons (Fsp3) is 0.111. The van der Waals surface area contributed by atoms with E-state index in [0.717, 1.165) is 20.4 Å². The molecule has 23 heavy (non-hydrogen) atoms. The van der Waals surface area contributed by atoms with Crippen molar-refractivity contribution in [1.29, 1.82) is 5.26 Å². The van der Waals surface area contributed by atoms with Gasteiger partial charge in [-0.1, -0.05) is 18.2 Å². The normalized spacial score (nSPS) is 10.8. The molecule has 5 heteroatoms. The maximum atomic E-state index is 12.2. The first kappa shape index (κ1) is 17.0. The zero-order valence-electron chi connectivity index (χ0n) is 12.9. The van der Waals surface area contributed by atoms with E-state index in [0.29, 0.717) is 5.69 Å². The number of hydrogen-bond donors (Lipinski definition) is 2. The summed E-state index contributed by atoms with van der Waals surface area (Å²) in [5, 5.41) is 15.0. The van der Waals surface area contributed by atoms with Crippen molar-refractivity contribution in [1.82, 2.24) is 0 Å². The lowest BCUT2D eigenvalue weighted by Crippen LogP contribution is -2.15. The Morgan fingerprint density at radius 1 is 1.13 bits per heavy atom. The number of nitriles is 1. The maximum absolute atomic E-state index is 12.2. The molecule has 0 unspecified atom stereocenters.